The first-order valence-electron chi connectivity index (χ1n) is 19.2. The first-order valence-corrected chi connectivity index (χ1v) is 20.0. The summed E-state index contributed by atoms with van der Waals surface area (Å²) >= 11 is 1.32. The van der Waals surface area contributed by atoms with Crippen molar-refractivity contribution >= 4 is 17.2 Å². The first kappa shape index (κ1) is 45.0. The van der Waals surface area contributed by atoms with Crippen molar-refractivity contribution in [2.45, 2.75) is 160 Å². The molecule has 0 bridgehead atoms. The van der Waals surface area contributed by atoms with E-state index >= 15 is 0 Å². The normalized spacial score (nSPS) is 16.4. The number of hydrogen-bond donors (Lipinski definition) is 2. The average molecular weight is 780 g/mol. The van der Waals surface area contributed by atoms with Crippen molar-refractivity contribution < 1.29 is 45.7 Å². The highest BCUT2D eigenvalue weighted by Gasteiger charge is 2.32. The van der Waals surface area contributed by atoms with Crippen molar-refractivity contribution in [2.75, 3.05) is 26.4 Å². The number of rotatable bonds is 23. The quantitative estimate of drug-likeness (QED) is 0.0867. The molecule has 1 amide bonds. The van der Waals surface area contributed by atoms with E-state index < -0.39 is 36.3 Å². The number of hydrogen-bond acceptors (Lipinski definition) is 6. The van der Waals surface area contributed by atoms with Crippen LogP contribution in [0, 0.1) is 0 Å². The number of amides is 1. The van der Waals surface area contributed by atoms with E-state index in [0.29, 0.717) is 30.9 Å². The monoisotopic (exact) mass is 779 g/mol. The lowest BCUT2D eigenvalue weighted by Gasteiger charge is -2.19. The minimum atomic E-state index is -4.67. The van der Waals surface area contributed by atoms with Gasteiger partial charge in [0.1, 0.15) is 12.4 Å². The topological polar surface area (TPSA) is 85.1 Å². The Kier molecular flexibility index (Phi) is 18.8. The van der Waals surface area contributed by atoms with Gasteiger partial charge in [-0.3, -0.25) is 4.79 Å². The van der Waals surface area contributed by atoms with Gasteiger partial charge < -0.3 is 24.5 Å². The van der Waals surface area contributed by atoms with Crippen molar-refractivity contribution in [2.24, 2.45) is 4.99 Å². The lowest BCUT2D eigenvalue weighted by Crippen LogP contribution is -2.38. The lowest BCUT2D eigenvalue weighted by atomic mass is 9.95. The van der Waals surface area contributed by atoms with Crippen molar-refractivity contribution in [3.05, 3.63) is 45.2 Å². The van der Waals surface area contributed by atoms with Crippen LogP contribution in [0.4, 0.5) is 26.3 Å². The molecule has 1 aromatic heterocycles. The van der Waals surface area contributed by atoms with Gasteiger partial charge in [-0.15, -0.1) is 11.3 Å². The minimum Gasteiger partial charge on any atom is -0.491 e. The molecular weight excluding hydrogens is 721 g/mol. The number of ether oxygens (including phenoxy) is 2. The number of thiazole rings is 1. The molecule has 14 heteroatoms. The van der Waals surface area contributed by atoms with Crippen LogP contribution in [0.1, 0.15) is 144 Å². The number of benzene rings is 1. The van der Waals surface area contributed by atoms with Crippen LogP contribution in [0.25, 0.3) is 0 Å². The van der Waals surface area contributed by atoms with E-state index in [9.17, 15) is 36.2 Å². The second kappa shape index (κ2) is 22.2. The molecule has 302 valence electrons. The predicted molar refractivity (Wildman–Crippen MR) is 196 cm³/mol. The van der Waals surface area contributed by atoms with E-state index in [-0.39, 0.29) is 42.5 Å². The van der Waals surface area contributed by atoms with Gasteiger partial charge in [-0.25, -0.2) is 0 Å². The third-order valence-corrected chi connectivity index (χ3v) is 10.8. The molecule has 2 heterocycles. The molecular formula is C39H59F6N3O4S. The molecule has 2 aromatic rings. The van der Waals surface area contributed by atoms with Gasteiger partial charge in [0.2, 0.25) is 0 Å². The van der Waals surface area contributed by atoms with Gasteiger partial charge in [0.15, 0.2) is 4.80 Å². The van der Waals surface area contributed by atoms with Gasteiger partial charge in [0.25, 0.3) is 5.91 Å². The summed E-state index contributed by atoms with van der Waals surface area (Å²) in [5, 5.41) is 13.2. The largest absolute Gasteiger partial charge is 0.491 e. The van der Waals surface area contributed by atoms with E-state index in [0.717, 1.165) is 107 Å². The Hall–Kier alpha value is -2.42. The number of aromatic nitrogens is 1. The maximum atomic E-state index is 13.7. The van der Waals surface area contributed by atoms with E-state index in [1.807, 2.05) is 31.5 Å². The molecule has 7 nitrogen and oxygen atoms in total. The Bertz CT molecular complexity index is 1430. The van der Waals surface area contributed by atoms with E-state index in [2.05, 4.69) is 10.3 Å². The van der Waals surface area contributed by atoms with Gasteiger partial charge in [-0.2, -0.15) is 31.3 Å². The summed E-state index contributed by atoms with van der Waals surface area (Å²) in [5.41, 5.74) is -1.51. The number of carbonyl (C=O) groups is 1. The van der Waals surface area contributed by atoms with Crippen LogP contribution in [0.2, 0.25) is 0 Å². The van der Waals surface area contributed by atoms with Crippen LogP contribution in [-0.4, -0.2) is 60.3 Å². The van der Waals surface area contributed by atoms with Crippen LogP contribution in [-0.2, 0) is 22.9 Å². The van der Waals surface area contributed by atoms with Crippen LogP contribution in [0.3, 0.4) is 0 Å². The molecule has 53 heavy (non-hydrogen) atoms. The Labute approximate surface area is 314 Å². The zero-order valence-corrected chi connectivity index (χ0v) is 32.4. The summed E-state index contributed by atoms with van der Waals surface area (Å²) in [7, 11) is 0. The molecule has 0 unspecified atom stereocenters. The first-order chi connectivity index (χ1) is 25.1. The van der Waals surface area contributed by atoms with Crippen molar-refractivity contribution in [1.29, 1.82) is 0 Å². The molecule has 2 atom stereocenters. The van der Waals surface area contributed by atoms with Gasteiger partial charge in [0.05, 0.1) is 36.4 Å². The Morgan fingerprint density at radius 2 is 1.57 bits per heavy atom. The smallest absolute Gasteiger partial charge is 0.416 e. The second-order valence-electron chi connectivity index (χ2n) is 15.1. The zero-order chi connectivity index (χ0) is 38.9. The van der Waals surface area contributed by atoms with Gasteiger partial charge in [0, 0.05) is 24.1 Å². The Balaban J connectivity index is 1.46. The number of nitrogens with one attached hydrogen (secondary N) is 1. The van der Waals surface area contributed by atoms with Crippen molar-refractivity contribution in [3.63, 3.8) is 0 Å². The molecule has 3 rings (SSSR count). The van der Waals surface area contributed by atoms with Crippen LogP contribution in [0.15, 0.2) is 29.4 Å². The summed E-state index contributed by atoms with van der Waals surface area (Å²) in [5.74, 6) is -0.882. The van der Waals surface area contributed by atoms with Crippen molar-refractivity contribution in [1.82, 2.24) is 9.88 Å². The summed E-state index contributed by atoms with van der Waals surface area (Å²) in [6.07, 6.45) is 6.78. The Morgan fingerprint density at radius 3 is 2.09 bits per heavy atom. The SMILES string of the molecule is CC(C)(C)c1cn(C[C@H]2CCCO2)/c(=N/C(=O)c2cc(C(F)(F)F)ccc2OC[C@@H](CO)NCCCCCCCCCCCCCCCC(F)(F)F)s1. The maximum Gasteiger partial charge on any atom is 0.416 e. The average Bonchev–Trinajstić information content (AvgIpc) is 3.75. The number of halogens is 6. The molecule has 0 saturated carbocycles. The molecule has 1 aromatic carbocycles. The maximum absolute atomic E-state index is 13.7. The molecule has 0 radical (unpaired) electrons. The van der Waals surface area contributed by atoms with Crippen LogP contribution >= 0.6 is 11.3 Å². The number of unbranched alkanes of at least 4 members (excludes halogenated alkanes) is 12. The predicted octanol–water partition coefficient (Wildman–Crippen LogP) is 10.1. The third-order valence-electron chi connectivity index (χ3n) is 9.35. The molecule has 0 spiro atoms. The lowest BCUT2D eigenvalue weighted by molar-refractivity contribution is -0.138. The molecule has 1 aliphatic heterocycles. The van der Waals surface area contributed by atoms with E-state index in [1.165, 1.54) is 11.3 Å². The fourth-order valence-electron chi connectivity index (χ4n) is 6.17. The molecule has 1 aliphatic rings. The van der Waals surface area contributed by atoms with Crippen LogP contribution in [0.5, 0.6) is 5.75 Å². The summed E-state index contributed by atoms with van der Waals surface area (Å²) in [6.45, 7) is 7.59. The van der Waals surface area contributed by atoms with Crippen molar-refractivity contribution in [3.8, 4) is 5.75 Å². The summed E-state index contributed by atoms with van der Waals surface area (Å²) in [4.78, 5) is 19.2. The highest BCUT2D eigenvalue weighted by atomic mass is 32.1. The fraction of sp³-hybridized carbons (Fsp3) is 0.744. The number of aliphatic hydroxyl groups is 1. The van der Waals surface area contributed by atoms with Gasteiger partial charge in [-0.1, -0.05) is 91.4 Å². The summed E-state index contributed by atoms with van der Waals surface area (Å²) in [6, 6.07) is 2.30. The molecule has 1 saturated heterocycles. The number of alkyl halides is 6. The Morgan fingerprint density at radius 1 is 0.962 bits per heavy atom. The highest BCUT2D eigenvalue weighted by Crippen LogP contribution is 2.33. The second-order valence-corrected chi connectivity index (χ2v) is 16.2. The number of carbonyl (C=O) groups excluding carboxylic acids is 1. The van der Waals surface area contributed by atoms with E-state index in [1.54, 1.807) is 0 Å². The van der Waals surface area contributed by atoms with E-state index in [4.69, 9.17) is 9.47 Å². The number of nitrogens with zero attached hydrogens (tertiary/aromatic N) is 2. The highest BCUT2D eigenvalue weighted by molar-refractivity contribution is 7.09. The minimum absolute atomic E-state index is 0.0308. The summed E-state index contributed by atoms with van der Waals surface area (Å²) < 4.78 is 91.2. The van der Waals surface area contributed by atoms with Crippen LogP contribution < -0.4 is 14.9 Å². The van der Waals surface area contributed by atoms with Gasteiger partial charge in [-0.05, 0) is 55.8 Å². The third kappa shape index (κ3) is 17.3. The zero-order valence-electron chi connectivity index (χ0n) is 31.6. The fourth-order valence-corrected chi connectivity index (χ4v) is 7.22. The standard InChI is InChI=1S/C39H59F6N3O4S/c1-37(2,3)34-26-48(25-31-18-17-23-51-31)36(53-34)47-35(50)32-24-29(39(43,44)45)19-20-33(32)52-28-30(27-49)46-22-16-14-12-10-8-6-4-5-7-9-11-13-15-21-38(40,41)42/h19-20,24,26,30-31,46,49H,4-18,21-23,25,27-28H2,1-3H3/b47-36-/t30-,31-/m1/s1. The number of aliphatic hydroxyl groups excluding tert-OH is 1. The molecule has 0 aliphatic carbocycles. The van der Waals surface area contributed by atoms with Gasteiger partial charge >= 0.3 is 12.4 Å². The molecule has 1 fully saturated rings. The molecule has 2 N–H and O–H groups in total.